The van der Waals surface area contributed by atoms with Crippen LogP contribution in [0.5, 0.6) is 5.75 Å². The molecule has 0 unspecified atom stereocenters. The van der Waals surface area contributed by atoms with Crippen molar-refractivity contribution in [2.24, 2.45) is 0 Å². The zero-order chi connectivity index (χ0) is 10.1. The number of pyridine rings is 1. The fourth-order valence-electron chi connectivity index (χ4n) is 1.42. The minimum atomic E-state index is 0.148. The Labute approximate surface area is 81.8 Å². The Morgan fingerprint density at radius 2 is 2.00 bits per heavy atom. The maximum absolute atomic E-state index is 9.27. The zero-order valence-electron chi connectivity index (χ0n) is 8.10. The molecule has 2 aromatic rings. The maximum atomic E-state index is 9.27. The quantitative estimate of drug-likeness (QED) is 0.741. The van der Waals surface area contributed by atoms with Gasteiger partial charge in [0.15, 0.2) is 0 Å². The van der Waals surface area contributed by atoms with Crippen molar-refractivity contribution in [1.82, 2.24) is 14.8 Å². The lowest BCUT2D eigenvalue weighted by Gasteiger charge is -2.03. The van der Waals surface area contributed by atoms with Crippen LogP contribution in [0.4, 0.5) is 0 Å². The van der Waals surface area contributed by atoms with Crippen LogP contribution in [-0.2, 0) is 0 Å². The number of hydrogen-bond acceptors (Lipinski definition) is 3. The van der Waals surface area contributed by atoms with Gasteiger partial charge >= 0.3 is 0 Å². The molecule has 0 aromatic carbocycles. The largest absolute Gasteiger partial charge is 0.506 e. The van der Waals surface area contributed by atoms with E-state index in [-0.39, 0.29) is 5.75 Å². The van der Waals surface area contributed by atoms with E-state index < -0.39 is 0 Å². The van der Waals surface area contributed by atoms with Gasteiger partial charge in [-0.25, -0.2) is 4.68 Å². The highest BCUT2D eigenvalue weighted by Crippen LogP contribution is 2.15. The lowest BCUT2D eigenvalue weighted by molar-refractivity contribution is 0.472. The Bertz CT molecular complexity index is 462. The molecule has 2 heterocycles. The van der Waals surface area contributed by atoms with Crippen LogP contribution in [0.3, 0.4) is 0 Å². The van der Waals surface area contributed by atoms with Crippen LogP contribution in [0.1, 0.15) is 11.4 Å². The topological polar surface area (TPSA) is 50.9 Å². The molecule has 0 atom stereocenters. The molecule has 0 bridgehead atoms. The Hall–Kier alpha value is -1.84. The first-order chi connectivity index (χ1) is 6.66. The molecule has 1 N–H and O–H groups in total. The summed E-state index contributed by atoms with van der Waals surface area (Å²) in [6.45, 7) is 3.89. The van der Waals surface area contributed by atoms with Crippen molar-refractivity contribution in [3.05, 3.63) is 35.9 Å². The van der Waals surface area contributed by atoms with E-state index in [0.29, 0.717) is 0 Å². The standard InChI is InChI=1S/C10H11N3O/c1-7-3-8(2)13(12-7)9-4-10(14)6-11-5-9/h3-6,14H,1-2H3. The number of aromatic nitrogens is 3. The summed E-state index contributed by atoms with van der Waals surface area (Å²) in [5, 5.41) is 13.6. The molecule has 0 aliphatic carbocycles. The van der Waals surface area contributed by atoms with Crippen molar-refractivity contribution in [2.75, 3.05) is 0 Å². The second-order valence-electron chi connectivity index (χ2n) is 3.24. The van der Waals surface area contributed by atoms with E-state index in [1.807, 2.05) is 19.9 Å². The van der Waals surface area contributed by atoms with E-state index in [1.54, 1.807) is 16.9 Å². The monoisotopic (exact) mass is 189 g/mol. The predicted octanol–water partition coefficient (Wildman–Crippen LogP) is 1.59. The van der Waals surface area contributed by atoms with Gasteiger partial charge in [-0.1, -0.05) is 0 Å². The van der Waals surface area contributed by atoms with Crippen molar-refractivity contribution in [1.29, 1.82) is 0 Å². The first kappa shape index (κ1) is 8.74. The van der Waals surface area contributed by atoms with Crippen molar-refractivity contribution in [3.8, 4) is 11.4 Å². The first-order valence-corrected chi connectivity index (χ1v) is 4.34. The molecular weight excluding hydrogens is 178 g/mol. The van der Waals surface area contributed by atoms with Crippen LogP contribution in [-0.4, -0.2) is 19.9 Å². The summed E-state index contributed by atoms with van der Waals surface area (Å²) in [6, 6.07) is 3.61. The van der Waals surface area contributed by atoms with Crippen molar-refractivity contribution < 1.29 is 5.11 Å². The molecule has 0 aliphatic heterocycles. The smallest absolute Gasteiger partial charge is 0.136 e. The number of aryl methyl sites for hydroxylation is 2. The first-order valence-electron chi connectivity index (χ1n) is 4.34. The van der Waals surface area contributed by atoms with Gasteiger partial charge in [-0.2, -0.15) is 5.10 Å². The molecule has 0 aliphatic rings. The molecule has 4 nitrogen and oxygen atoms in total. The second kappa shape index (κ2) is 3.14. The van der Waals surface area contributed by atoms with Crippen LogP contribution in [0.2, 0.25) is 0 Å². The van der Waals surface area contributed by atoms with Gasteiger partial charge in [0.05, 0.1) is 23.8 Å². The fraction of sp³-hybridized carbons (Fsp3) is 0.200. The van der Waals surface area contributed by atoms with Gasteiger partial charge in [0, 0.05) is 11.8 Å². The average Bonchev–Trinajstić information content (AvgIpc) is 2.45. The predicted molar refractivity (Wildman–Crippen MR) is 52.5 cm³/mol. The molecule has 0 spiro atoms. The van der Waals surface area contributed by atoms with Crippen molar-refractivity contribution in [3.63, 3.8) is 0 Å². The van der Waals surface area contributed by atoms with Crippen LogP contribution in [0, 0.1) is 13.8 Å². The molecule has 2 aromatic heterocycles. The molecule has 14 heavy (non-hydrogen) atoms. The highest BCUT2D eigenvalue weighted by Gasteiger charge is 2.03. The molecule has 0 saturated carbocycles. The van der Waals surface area contributed by atoms with Crippen molar-refractivity contribution >= 4 is 0 Å². The zero-order valence-corrected chi connectivity index (χ0v) is 8.10. The third-order valence-electron chi connectivity index (χ3n) is 1.96. The Morgan fingerprint density at radius 3 is 2.57 bits per heavy atom. The summed E-state index contributed by atoms with van der Waals surface area (Å²) in [7, 11) is 0. The third kappa shape index (κ3) is 1.46. The highest BCUT2D eigenvalue weighted by molar-refractivity contribution is 5.35. The molecule has 2 rings (SSSR count). The van der Waals surface area contributed by atoms with Gasteiger partial charge in [-0.15, -0.1) is 0 Å². The molecule has 0 radical (unpaired) electrons. The fourth-order valence-corrected chi connectivity index (χ4v) is 1.42. The number of aromatic hydroxyl groups is 1. The van der Waals surface area contributed by atoms with E-state index in [4.69, 9.17) is 0 Å². The Kier molecular flexibility index (Phi) is 1.96. The van der Waals surface area contributed by atoms with Gasteiger partial charge in [-0.3, -0.25) is 4.98 Å². The Morgan fingerprint density at radius 1 is 1.21 bits per heavy atom. The molecule has 0 amide bonds. The van der Waals surface area contributed by atoms with Gasteiger partial charge < -0.3 is 5.11 Å². The highest BCUT2D eigenvalue weighted by atomic mass is 16.3. The number of hydrogen-bond donors (Lipinski definition) is 1. The van der Waals surface area contributed by atoms with Crippen LogP contribution in [0.15, 0.2) is 24.5 Å². The molecule has 72 valence electrons. The number of nitrogens with zero attached hydrogens (tertiary/aromatic N) is 3. The minimum Gasteiger partial charge on any atom is -0.506 e. The molecular formula is C10H11N3O. The summed E-state index contributed by atoms with van der Waals surface area (Å²) in [5.41, 5.74) is 2.75. The summed E-state index contributed by atoms with van der Waals surface area (Å²) in [5.74, 6) is 0.148. The maximum Gasteiger partial charge on any atom is 0.136 e. The van der Waals surface area contributed by atoms with Crippen molar-refractivity contribution in [2.45, 2.75) is 13.8 Å². The normalized spacial score (nSPS) is 10.4. The molecule has 0 saturated heterocycles. The Balaban J connectivity index is 2.54. The van der Waals surface area contributed by atoms with Gasteiger partial charge in [0.2, 0.25) is 0 Å². The summed E-state index contributed by atoms with van der Waals surface area (Å²) < 4.78 is 1.75. The van der Waals surface area contributed by atoms with Gasteiger partial charge in [-0.05, 0) is 19.9 Å². The summed E-state index contributed by atoms with van der Waals surface area (Å²) in [6.07, 6.45) is 3.06. The number of rotatable bonds is 1. The van der Waals surface area contributed by atoms with E-state index >= 15 is 0 Å². The van der Waals surface area contributed by atoms with E-state index in [0.717, 1.165) is 17.1 Å². The van der Waals surface area contributed by atoms with Crippen LogP contribution in [0.25, 0.3) is 5.69 Å². The average molecular weight is 189 g/mol. The van der Waals surface area contributed by atoms with Crippen LogP contribution < -0.4 is 0 Å². The lowest BCUT2D eigenvalue weighted by Crippen LogP contribution is -1.99. The van der Waals surface area contributed by atoms with E-state index in [1.165, 1.54) is 6.20 Å². The minimum absolute atomic E-state index is 0.148. The second-order valence-corrected chi connectivity index (χ2v) is 3.24. The van der Waals surface area contributed by atoms with Gasteiger partial charge in [0.1, 0.15) is 5.75 Å². The summed E-state index contributed by atoms with van der Waals surface area (Å²) >= 11 is 0. The van der Waals surface area contributed by atoms with E-state index in [2.05, 4.69) is 10.1 Å². The van der Waals surface area contributed by atoms with E-state index in [9.17, 15) is 5.11 Å². The van der Waals surface area contributed by atoms with Gasteiger partial charge in [0.25, 0.3) is 0 Å². The summed E-state index contributed by atoms with van der Waals surface area (Å²) in [4.78, 5) is 3.90. The SMILES string of the molecule is Cc1cc(C)n(-c2cncc(O)c2)n1. The third-order valence-corrected chi connectivity index (χ3v) is 1.96. The molecule has 0 fully saturated rings. The van der Waals surface area contributed by atoms with Crippen LogP contribution >= 0.6 is 0 Å². The lowest BCUT2D eigenvalue weighted by atomic mass is 10.3. The molecule has 4 heteroatoms.